The number of hydrogen-bond donors (Lipinski definition) is 0. The van der Waals surface area contributed by atoms with E-state index in [1.54, 1.807) is 0 Å². The Balaban J connectivity index is 3.89. The molecule has 0 radical (unpaired) electrons. The molecular weight excluding hydrogens is 829 g/mol. The Morgan fingerprint density at radius 1 is 0.239 bits per heavy atom. The van der Waals surface area contributed by atoms with Gasteiger partial charge in [-0.2, -0.15) is 0 Å². The Labute approximate surface area is 418 Å². The SMILES string of the molecule is CCCCCCCCCCCCCCCCCCCCCCCCCCCCCCCCCC(=O)OCC(COC(=O)CCCCCCCCCCC)OC(=O)CCCCCCCCCCC. The van der Waals surface area contributed by atoms with Crippen molar-refractivity contribution < 1.29 is 28.6 Å². The van der Waals surface area contributed by atoms with Gasteiger partial charge in [0.25, 0.3) is 0 Å². The Morgan fingerprint density at radius 2 is 0.403 bits per heavy atom. The maximum Gasteiger partial charge on any atom is 0.306 e. The molecule has 1 unspecified atom stereocenters. The summed E-state index contributed by atoms with van der Waals surface area (Å²) in [6, 6.07) is 0. The summed E-state index contributed by atoms with van der Waals surface area (Å²) in [5, 5.41) is 0. The lowest BCUT2D eigenvalue weighted by Gasteiger charge is -2.18. The van der Waals surface area contributed by atoms with E-state index in [-0.39, 0.29) is 31.1 Å². The first kappa shape index (κ1) is 65.4. The van der Waals surface area contributed by atoms with Gasteiger partial charge in [-0.3, -0.25) is 14.4 Å². The number of carbonyl (C=O) groups excluding carboxylic acids is 3. The van der Waals surface area contributed by atoms with Crippen molar-refractivity contribution in [2.75, 3.05) is 13.2 Å². The minimum atomic E-state index is -0.759. The Morgan fingerprint density at radius 3 is 0.597 bits per heavy atom. The molecule has 0 aromatic heterocycles. The summed E-state index contributed by atoms with van der Waals surface area (Å²) in [6.07, 6.45) is 64.4. The van der Waals surface area contributed by atoms with Crippen LogP contribution in [0.15, 0.2) is 0 Å². The zero-order valence-electron chi connectivity index (χ0n) is 45.7. The molecule has 0 aromatic rings. The molecule has 0 fully saturated rings. The summed E-state index contributed by atoms with van der Waals surface area (Å²) in [4.78, 5) is 37.9. The number of ether oxygens (including phenoxy) is 3. The molecule has 0 heterocycles. The van der Waals surface area contributed by atoms with E-state index >= 15 is 0 Å². The average molecular weight is 948 g/mol. The van der Waals surface area contributed by atoms with Crippen molar-refractivity contribution in [3.8, 4) is 0 Å². The van der Waals surface area contributed by atoms with E-state index < -0.39 is 6.10 Å². The van der Waals surface area contributed by atoms with Crippen molar-refractivity contribution >= 4 is 17.9 Å². The fourth-order valence-electron chi connectivity index (χ4n) is 9.51. The summed E-state index contributed by atoms with van der Waals surface area (Å²) in [6.45, 7) is 6.65. The molecule has 6 nitrogen and oxygen atoms in total. The van der Waals surface area contributed by atoms with Crippen molar-refractivity contribution in [2.24, 2.45) is 0 Å². The molecule has 0 saturated heterocycles. The van der Waals surface area contributed by atoms with Crippen LogP contribution in [0.1, 0.15) is 355 Å². The molecule has 0 amide bonds. The van der Waals surface area contributed by atoms with E-state index in [9.17, 15) is 14.4 Å². The molecule has 0 saturated carbocycles. The lowest BCUT2D eigenvalue weighted by Crippen LogP contribution is -2.30. The summed E-state index contributed by atoms with van der Waals surface area (Å²) in [7, 11) is 0. The van der Waals surface area contributed by atoms with Gasteiger partial charge in [-0.1, -0.05) is 316 Å². The minimum absolute atomic E-state index is 0.0622. The number of carbonyl (C=O) groups is 3. The van der Waals surface area contributed by atoms with E-state index in [1.807, 2.05) is 0 Å². The van der Waals surface area contributed by atoms with Gasteiger partial charge in [-0.05, 0) is 19.3 Å². The van der Waals surface area contributed by atoms with Gasteiger partial charge in [-0.15, -0.1) is 0 Å². The summed E-state index contributed by atoms with van der Waals surface area (Å²) in [5.74, 6) is -0.845. The van der Waals surface area contributed by atoms with Crippen LogP contribution in [0.5, 0.6) is 0 Å². The third-order valence-corrected chi connectivity index (χ3v) is 14.1. The van der Waals surface area contributed by atoms with E-state index in [4.69, 9.17) is 14.2 Å². The van der Waals surface area contributed by atoms with Gasteiger partial charge >= 0.3 is 17.9 Å². The van der Waals surface area contributed by atoms with Gasteiger partial charge in [0.15, 0.2) is 6.10 Å². The van der Waals surface area contributed by atoms with Gasteiger partial charge in [0.05, 0.1) is 0 Å². The Kier molecular flexibility index (Phi) is 55.6. The van der Waals surface area contributed by atoms with Crippen LogP contribution in [0.25, 0.3) is 0 Å². The molecule has 0 spiro atoms. The summed E-state index contributed by atoms with van der Waals surface area (Å²) in [5.41, 5.74) is 0. The molecule has 0 aliphatic heterocycles. The third-order valence-electron chi connectivity index (χ3n) is 14.1. The number of hydrogen-bond acceptors (Lipinski definition) is 6. The van der Waals surface area contributed by atoms with Crippen molar-refractivity contribution in [3.63, 3.8) is 0 Å². The van der Waals surface area contributed by atoms with Crippen molar-refractivity contribution in [1.82, 2.24) is 0 Å². The van der Waals surface area contributed by atoms with E-state index in [0.717, 1.165) is 57.8 Å². The lowest BCUT2D eigenvalue weighted by atomic mass is 10.0. The van der Waals surface area contributed by atoms with E-state index in [2.05, 4.69) is 20.8 Å². The smallest absolute Gasteiger partial charge is 0.306 e. The second-order valence-electron chi connectivity index (χ2n) is 21.0. The van der Waals surface area contributed by atoms with Gasteiger partial charge in [0, 0.05) is 19.3 Å². The molecule has 1 atom stereocenters. The Bertz CT molecular complexity index is 998. The van der Waals surface area contributed by atoms with Gasteiger partial charge in [0.1, 0.15) is 13.2 Å². The quantitative estimate of drug-likeness (QED) is 0.0343. The lowest BCUT2D eigenvalue weighted by molar-refractivity contribution is -0.167. The third kappa shape index (κ3) is 55.2. The van der Waals surface area contributed by atoms with Crippen LogP contribution >= 0.6 is 0 Å². The second kappa shape index (κ2) is 57.0. The maximum atomic E-state index is 12.7. The molecule has 0 rings (SSSR count). The molecule has 0 bridgehead atoms. The molecule has 0 aliphatic rings. The molecule has 398 valence electrons. The number of esters is 3. The second-order valence-corrected chi connectivity index (χ2v) is 21.0. The van der Waals surface area contributed by atoms with Crippen molar-refractivity contribution in [2.45, 2.75) is 361 Å². The van der Waals surface area contributed by atoms with Crippen LogP contribution in [0.2, 0.25) is 0 Å². The van der Waals surface area contributed by atoms with Gasteiger partial charge < -0.3 is 14.2 Å². The van der Waals surface area contributed by atoms with Crippen LogP contribution < -0.4 is 0 Å². The highest BCUT2D eigenvalue weighted by Gasteiger charge is 2.19. The zero-order valence-corrected chi connectivity index (χ0v) is 45.7. The first-order chi connectivity index (χ1) is 33.0. The van der Waals surface area contributed by atoms with E-state index in [0.29, 0.717) is 19.3 Å². The minimum Gasteiger partial charge on any atom is -0.462 e. The fraction of sp³-hybridized carbons (Fsp3) is 0.951. The maximum absolute atomic E-state index is 12.7. The zero-order chi connectivity index (χ0) is 48.6. The normalized spacial score (nSPS) is 11.9. The molecule has 67 heavy (non-hydrogen) atoms. The standard InChI is InChI=1S/C61H118O6/c1-4-7-10-13-16-19-20-21-22-23-24-25-26-27-28-29-30-31-32-33-34-35-36-37-38-39-40-43-45-48-51-54-60(63)66-57-58(67-61(64)55-52-49-46-42-18-15-12-9-6-3)56-65-59(62)53-50-47-44-41-17-14-11-8-5-2/h58H,4-57H2,1-3H3. The Hall–Kier alpha value is -1.59. The predicted molar refractivity (Wildman–Crippen MR) is 289 cm³/mol. The highest BCUT2D eigenvalue weighted by molar-refractivity contribution is 5.71. The highest BCUT2D eigenvalue weighted by Crippen LogP contribution is 2.18. The van der Waals surface area contributed by atoms with Crippen molar-refractivity contribution in [1.29, 1.82) is 0 Å². The monoisotopic (exact) mass is 947 g/mol. The highest BCUT2D eigenvalue weighted by atomic mass is 16.6. The molecule has 0 N–H and O–H groups in total. The summed E-state index contributed by atoms with van der Waals surface area (Å²) < 4.78 is 16.8. The number of unbranched alkanes of at least 4 members (excludes halogenated alkanes) is 46. The van der Waals surface area contributed by atoms with Crippen molar-refractivity contribution in [3.05, 3.63) is 0 Å². The molecule has 0 aromatic carbocycles. The summed E-state index contributed by atoms with van der Waals surface area (Å²) >= 11 is 0. The van der Waals surface area contributed by atoms with Crippen LogP contribution in [-0.4, -0.2) is 37.2 Å². The number of rotatable bonds is 57. The predicted octanol–water partition coefficient (Wildman–Crippen LogP) is 20.3. The molecule has 6 heteroatoms. The first-order valence-electron chi connectivity index (χ1n) is 30.5. The van der Waals surface area contributed by atoms with Crippen LogP contribution in [-0.2, 0) is 28.6 Å². The molecular formula is C61H118O6. The van der Waals surface area contributed by atoms with Gasteiger partial charge in [-0.25, -0.2) is 0 Å². The largest absolute Gasteiger partial charge is 0.462 e. The topological polar surface area (TPSA) is 78.9 Å². The van der Waals surface area contributed by atoms with Crippen LogP contribution in [0.3, 0.4) is 0 Å². The molecule has 0 aliphatic carbocycles. The first-order valence-corrected chi connectivity index (χ1v) is 30.5. The average Bonchev–Trinajstić information content (AvgIpc) is 3.33. The van der Waals surface area contributed by atoms with Crippen LogP contribution in [0.4, 0.5) is 0 Å². The van der Waals surface area contributed by atoms with Crippen LogP contribution in [0, 0.1) is 0 Å². The fourth-order valence-corrected chi connectivity index (χ4v) is 9.51. The van der Waals surface area contributed by atoms with Gasteiger partial charge in [0.2, 0.25) is 0 Å². The van der Waals surface area contributed by atoms with E-state index in [1.165, 1.54) is 257 Å².